The molecule has 87 valence electrons. The largest absolute Gasteiger partial charge is 0.0719 e. The summed E-state index contributed by atoms with van der Waals surface area (Å²) >= 11 is 0. The summed E-state index contributed by atoms with van der Waals surface area (Å²) in [5.41, 5.74) is 4.33. The van der Waals surface area contributed by atoms with Gasteiger partial charge in [0.15, 0.2) is 0 Å². The molecule has 0 nitrogen and oxygen atoms in total. The van der Waals surface area contributed by atoms with Gasteiger partial charge in [-0.2, -0.15) is 0 Å². The molecule has 0 bridgehead atoms. The van der Waals surface area contributed by atoms with Crippen LogP contribution in [0.3, 0.4) is 0 Å². The molecule has 16 heavy (non-hydrogen) atoms. The summed E-state index contributed by atoms with van der Waals surface area (Å²) in [5.74, 6) is 1.75. The lowest BCUT2D eigenvalue weighted by molar-refractivity contribution is 0.813. The minimum absolute atomic E-state index is 0.573. The standard InChI is InChI=1S/C15H23Si/c1-9(2)12-7-13(10(3)4)15(16)14(8-12)11(5)6/h7-11H,1-6H3. The molecule has 0 aliphatic heterocycles. The van der Waals surface area contributed by atoms with Crippen LogP contribution in [-0.4, -0.2) is 10.2 Å². The van der Waals surface area contributed by atoms with Gasteiger partial charge in [0.1, 0.15) is 0 Å². The Hall–Kier alpha value is -0.563. The van der Waals surface area contributed by atoms with Crippen LogP contribution >= 0.6 is 0 Å². The van der Waals surface area contributed by atoms with Crippen LogP contribution < -0.4 is 5.19 Å². The van der Waals surface area contributed by atoms with Crippen LogP contribution in [0.1, 0.15) is 76.0 Å². The lowest BCUT2D eigenvalue weighted by Gasteiger charge is -2.20. The second-order valence-corrected chi connectivity index (χ2v) is 6.04. The molecule has 0 amide bonds. The predicted octanol–water partition coefficient (Wildman–Crippen LogP) is 3.85. The lowest BCUT2D eigenvalue weighted by Crippen LogP contribution is -2.19. The van der Waals surface area contributed by atoms with E-state index >= 15 is 0 Å². The second-order valence-electron chi connectivity index (χ2n) is 5.54. The van der Waals surface area contributed by atoms with Gasteiger partial charge >= 0.3 is 0 Å². The quantitative estimate of drug-likeness (QED) is 0.693. The average molecular weight is 231 g/mol. The van der Waals surface area contributed by atoms with Crippen LogP contribution in [0.5, 0.6) is 0 Å². The fourth-order valence-electron chi connectivity index (χ4n) is 1.96. The maximum Gasteiger partial charge on any atom is 0.0719 e. The molecule has 1 aromatic rings. The molecule has 0 aromatic heterocycles. The fourth-order valence-corrected chi connectivity index (χ4v) is 2.68. The molecule has 0 aliphatic rings. The van der Waals surface area contributed by atoms with E-state index in [1.165, 1.54) is 21.9 Å². The van der Waals surface area contributed by atoms with Gasteiger partial charge in [0, 0.05) is 0 Å². The van der Waals surface area contributed by atoms with Gasteiger partial charge in [-0.05, 0) is 34.4 Å². The van der Waals surface area contributed by atoms with Crippen LogP contribution in [0.4, 0.5) is 0 Å². The molecule has 0 saturated carbocycles. The molecule has 0 heterocycles. The molecule has 3 radical (unpaired) electrons. The summed E-state index contributed by atoms with van der Waals surface area (Å²) in [4.78, 5) is 0. The van der Waals surface area contributed by atoms with Crippen molar-refractivity contribution in [3.63, 3.8) is 0 Å². The van der Waals surface area contributed by atoms with Crippen LogP contribution in [0.25, 0.3) is 0 Å². The van der Waals surface area contributed by atoms with Crippen molar-refractivity contribution in [2.45, 2.75) is 59.3 Å². The Morgan fingerprint density at radius 2 is 1.12 bits per heavy atom. The Labute approximate surface area is 104 Å². The molecule has 0 atom stereocenters. The molecule has 1 aromatic carbocycles. The van der Waals surface area contributed by atoms with Gasteiger partial charge in [-0.25, -0.2) is 0 Å². The highest BCUT2D eigenvalue weighted by molar-refractivity contribution is 6.34. The molecule has 0 aliphatic carbocycles. The highest BCUT2D eigenvalue weighted by Gasteiger charge is 2.13. The zero-order chi connectivity index (χ0) is 12.5. The van der Waals surface area contributed by atoms with E-state index < -0.39 is 0 Å². The zero-order valence-corrected chi connectivity index (χ0v) is 12.4. The van der Waals surface area contributed by atoms with E-state index in [4.69, 9.17) is 0 Å². The van der Waals surface area contributed by atoms with Crippen molar-refractivity contribution >= 4 is 15.4 Å². The minimum atomic E-state index is 0.573. The van der Waals surface area contributed by atoms with E-state index in [2.05, 4.69) is 63.9 Å². The number of hydrogen-bond donors (Lipinski definition) is 0. The van der Waals surface area contributed by atoms with Crippen molar-refractivity contribution in [3.05, 3.63) is 28.8 Å². The van der Waals surface area contributed by atoms with Crippen LogP contribution in [0.2, 0.25) is 0 Å². The first-order valence-electron chi connectivity index (χ1n) is 6.23. The van der Waals surface area contributed by atoms with Gasteiger partial charge in [0.05, 0.1) is 10.2 Å². The number of hydrogen-bond acceptors (Lipinski definition) is 0. The minimum Gasteiger partial charge on any atom is -0.0606 e. The Morgan fingerprint density at radius 1 is 0.750 bits per heavy atom. The van der Waals surface area contributed by atoms with E-state index in [-0.39, 0.29) is 0 Å². The van der Waals surface area contributed by atoms with Crippen molar-refractivity contribution in [1.29, 1.82) is 0 Å². The highest BCUT2D eigenvalue weighted by atomic mass is 28.1. The third kappa shape index (κ3) is 2.76. The SMILES string of the molecule is CC(C)c1cc(C(C)C)c([Si])c(C(C)C)c1. The monoisotopic (exact) mass is 231 g/mol. The third-order valence-corrected chi connectivity index (χ3v) is 3.71. The molecule has 1 heteroatoms. The summed E-state index contributed by atoms with van der Waals surface area (Å²) in [6.07, 6.45) is 0. The van der Waals surface area contributed by atoms with Crippen molar-refractivity contribution in [3.8, 4) is 0 Å². The zero-order valence-electron chi connectivity index (χ0n) is 11.4. The van der Waals surface area contributed by atoms with Gasteiger partial charge in [0.2, 0.25) is 0 Å². The molecule has 0 N–H and O–H groups in total. The predicted molar refractivity (Wildman–Crippen MR) is 74.1 cm³/mol. The van der Waals surface area contributed by atoms with E-state index in [0.717, 1.165) is 0 Å². The van der Waals surface area contributed by atoms with Crippen molar-refractivity contribution in [2.75, 3.05) is 0 Å². The Morgan fingerprint density at radius 3 is 1.38 bits per heavy atom. The number of rotatable bonds is 3. The Kier molecular flexibility index (Phi) is 4.37. The second kappa shape index (κ2) is 5.18. The van der Waals surface area contributed by atoms with Gasteiger partial charge in [-0.15, -0.1) is 0 Å². The fraction of sp³-hybridized carbons (Fsp3) is 0.600. The third-order valence-electron chi connectivity index (χ3n) is 3.13. The molecule has 0 unspecified atom stereocenters. The summed E-state index contributed by atoms with van der Waals surface area (Å²) in [6, 6.07) is 4.70. The van der Waals surface area contributed by atoms with E-state index in [1.54, 1.807) is 0 Å². The summed E-state index contributed by atoms with van der Waals surface area (Å²) in [5, 5.41) is 1.30. The van der Waals surface area contributed by atoms with Gasteiger partial charge in [0.25, 0.3) is 0 Å². The van der Waals surface area contributed by atoms with Crippen molar-refractivity contribution < 1.29 is 0 Å². The topological polar surface area (TPSA) is 0 Å². The van der Waals surface area contributed by atoms with Gasteiger partial charge < -0.3 is 0 Å². The normalized spacial score (nSPS) is 11.9. The average Bonchev–Trinajstić information content (AvgIpc) is 2.16. The maximum atomic E-state index is 3.82. The van der Waals surface area contributed by atoms with E-state index in [1.807, 2.05) is 0 Å². The first kappa shape index (κ1) is 13.5. The number of benzene rings is 1. The Bertz CT molecular complexity index is 333. The van der Waals surface area contributed by atoms with Gasteiger partial charge in [-0.1, -0.05) is 58.9 Å². The van der Waals surface area contributed by atoms with Crippen molar-refractivity contribution in [1.82, 2.24) is 0 Å². The smallest absolute Gasteiger partial charge is 0.0606 e. The van der Waals surface area contributed by atoms with Crippen LogP contribution in [-0.2, 0) is 0 Å². The lowest BCUT2D eigenvalue weighted by atomic mass is 9.89. The molecular weight excluding hydrogens is 208 g/mol. The summed E-state index contributed by atoms with van der Waals surface area (Å²) in [6.45, 7) is 13.6. The van der Waals surface area contributed by atoms with Crippen LogP contribution in [0, 0.1) is 0 Å². The molecule has 0 saturated heterocycles. The molecule has 0 spiro atoms. The van der Waals surface area contributed by atoms with Gasteiger partial charge in [-0.3, -0.25) is 0 Å². The molecule has 0 fully saturated rings. The van der Waals surface area contributed by atoms with E-state index in [0.29, 0.717) is 17.8 Å². The van der Waals surface area contributed by atoms with Crippen molar-refractivity contribution in [2.24, 2.45) is 0 Å². The summed E-state index contributed by atoms with van der Waals surface area (Å²) in [7, 11) is 3.82. The molecular formula is C15H23Si. The first-order valence-corrected chi connectivity index (χ1v) is 6.73. The Balaban J connectivity index is 3.39. The summed E-state index contributed by atoms with van der Waals surface area (Å²) < 4.78 is 0. The van der Waals surface area contributed by atoms with Crippen LogP contribution in [0.15, 0.2) is 12.1 Å². The first-order chi connectivity index (χ1) is 7.34. The van der Waals surface area contributed by atoms with E-state index in [9.17, 15) is 0 Å². The molecule has 1 rings (SSSR count). The maximum absolute atomic E-state index is 3.82. The highest BCUT2D eigenvalue weighted by Crippen LogP contribution is 2.24.